The smallest absolute Gasteiger partial charge is 0.255 e. The van der Waals surface area contributed by atoms with Crippen molar-refractivity contribution in [1.29, 1.82) is 0 Å². The van der Waals surface area contributed by atoms with E-state index in [1.807, 2.05) is 12.1 Å². The van der Waals surface area contributed by atoms with Gasteiger partial charge in [-0.05, 0) is 68.1 Å². The Morgan fingerprint density at radius 1 is 1.12 bits per heavy atom. The molecule has 6 nitrogen and oxygen atoms in total. The maximum absolute atomic E-state index is 12.7. The van der Waals surface area contributed by atoms with Gasteiger partial charge in [0.2, 0.25) is 10.0 Å². The number of hydrogen-bond acceptors (Lipinski definition) is 4. The normalized spacial score (nSPS) is 13.8. The quantitative estimate of drug-likeness (QED) is 0.843. The standard InChI is InChI=1S/C19H22N2O4S/c1-20-26(23,24)18-12-14(10-11-17(18)25-2)19(22)21-16-9-5-7-13-6-3-4-8-15(13)16/h5,7,9-12,20H,3-4,6,8H2,1-2H3,(H,21,22). The molecule has 3 rings (SSSR count). The molecule has 138 valence electrons. The Kier molecular flexibility index (Phi) is 5.29. The molecule has 2 aromatic carbocycles. The van der Waals surface area contributed by atoms with E-state index in [1.54, 1.807) is 6.07 Å². The number of fused-ring (bicyclic) bond motifs is 1. The van der Waals surface area contributed by atoms with E-state index in [2.05, 4.69) is 16.1 Å². The number of methoxy groups -OCH3 is 1. The largest absolute Gasteiger partial charge is 0.495 e. The van der Waals surface area contributed by atoms with Crippen molar-refractivity contribution in [3.63, 3.8) is 0 Å². The fourth-order valence-electron chi connectivity index (χ4n) is 3.23. The minimum Gasteiger partial charge on any atom is -0.495 e. The SMILES string of the molecule is CNS(=O)(=O)c1cc(C(=O)Nc2cccc3c2CCCC3)ccc1OC. The fraction of sp³-hybridized carbons (Fsp3) is 0.316. The Balaban J connectivity index is 1.93. The Morgan fingerprint density at radius 3 is 2.62 bits per heavy atom. The van der Waals surface area contributed by atoms with E-state index in [1.165, 1.54) is 37.4 Å². The van der Waals surface area contributed by atoms with Gasteiger partial charge in [0.05, 0.1) is 7.11 Å². The van der Waals surface area contributed by atoms with Crippen LogP contribution in [-0.4, -0.2) is 28.5 Å². The molecule has 0 aliphatic heterocycles. The van der Waals surface area contributed by atoms with Crippen LogP contribution >= 0.6 is 0 Å². The maximum atomic E-state index is 12.7. The molecule has 0 heterocycles. The highest BCUT2D eigenvalue weighted by Crippen LogP contribution is 2.29. The summed E-state index contributed by atoms with van der Waals surface area (Å²) in [7, 11) is -1.03. The molecule has 26 heavy (non-hydrogen) atoms. The molecular weight excluding hydrogens is 352 g/mol. The van der Waals surface area contributed by atoms with Crippen molar-refractivity contribution < 1.29 is 17.9 Å². The summed E-state index contributed by atoms with van der Waals surface area (Å²) in [4.78, 5) is 12.6. The van der Waals surface area contributed by atoms with E-state index in [0.717, 1.165) is 31.4 Å². The van der Waals surface area contributed by atoms with Gasteiger partial charge in [0.25, 0.3) is 5.91 Å². The van der Waals surface area contributed by atoms with Crippen molar-refractivity contribution in [1.82, 2.24) is 4.72 Å². The summed E-state index contributed by atoms with van der Waals surface area (Å²) in [5.74, 6) is -0.160. The average molecular weight is 374 g/mol. The van der Waals surface area contributed by atoms with Gasteiger partial charge >= 0.3 is 0 Å². The number of amides is 1. The maximum Gasteiger partial charge on any atom is 0.255 e. The van der Waals surface area contributed by atoms with Crippen LogP contribution in [0.25, 0.3) is 0 Å². The van der Waals surface area contributed by atoms with Gasteiger partial charge in [-0.1, -0.05) is 12.1 Å². The molecule has 2 N–H and O–H groups in total. The highest BCUT2D eigenvalue weighted by atomic mass is 32.2. The van der Waals surface area contributed by atoms with Crippen LogP contribution in [0.3, 0.4) is 0 Å². The molecule has 0 atom stereocenters. The molecule has 2 aromatic rings. The van der Waals surface area contributed by atoms with E-state index in [0.29, 0.717) is 0 Å². The first-order valence-corrected chi connectivity index (χ1v) is 9.98. The molecule has 0 radical (unpaired) electrons. The summed E-state index contributed by atoms with van der Waals surface area (Å²) in [5.41, 5.74) is 3.49. The second kappa shape index (κ2) is 7.47. The van der Waals surface area contributed by atoms with Crippen LogP contribution in [-0.2, 0) is 22.9 Å². The first kappa shape index (κ1) is 18.4. The number of sulfonamides is 1. The highest BCUT2D eigenvalue weighted by molar-refractivity contribution is 7.89. The number of carbonyl (C=O) groups excluding carboxylic acids is 1. The zero-order valence-corrected chi connectivity index (χ0v) is 15.7. The van der Waals surface area contributed by atoms with Gasteiger partial charge in [-0.3, -0.25) is 4.79 Å². The molecule has 1 aliphatic carbocycles. The molecular formula is C19H22N2O4S. The second-order valence-corrected chi connectivity index (χ2v) is 8.03. The minimum absolute atomic E-state index is 0.0646. The van der Waals surface area contributed by atoms with Crippen molar-refractivity contribution in [2.75, 3.05) is 19.5 Å². The van der Waals surface area contributed by atoms with Crippen LogP contribution in [0, 0.1) is 0 Å². The Morgan fingerprint density at radius 2 is 1.88 bits per heavy atom. The summed E-state index contributed by atoms with van der Waals surface area (Å²) in [6.45, 7) is 0. The summed E-state index contributed by atoms with van der Waals surface area (Å²) in [5, 5.41) is 2.93. The number of hydrogen-bond donors (Lipinski definition) is 2. The molecule has 0 fully saturated rings. The lowest BCUT2D eigenvalue weighted by Crippen LogP contribution is -2.21. The topological polar surface area (TPSA) is 84.5 Å². The van der Waals surface area contributed by atoms with Crippen molar-refractivity contribution >= 4 is 21.6 Å². The summed E-state index contributed by atoms with van der Waals surface area (Å²) in [6.07, 6.45) is 4.22. The second-order valence-electron chi connectivity index (χ2n) is 6.18. The van der Waals surface area contributed by atoms with Crippen molar-refractivity contribution in [2.24, 2.45) is 0 Å². The summed E-state index contributed by atoms with van der Waals surface area (Å²) >= 11 is 0. The van der Waals surface area contributed by atoms with Crippen LogP contribution in [0.15, 0.2) is 41.3 Å². The summed E-state index contributed by atoms with van der Waals surface area (Å²) in [6, 6.07) is 10.3. The van der Waals surface area contributed by atoms with Gasteiger partial charge in [0.15, 0.2) is 0 Å². The molecule has 7 heteroatoms. The van der Waals surface area contributed by atoms with Crippen LogP contribution in [0.1, 0.15) is 34.3 Å². The van der Waals surface area contributed by atoms with Crippen LogP contribution in [0.4, 0.5) is 5.69 Å². The van der Waals surface area contributed by atoms with Gasteiger partial charge < -0.3 is 10.1 Å². The third kappa shape index (κ3) is 3.59. The Labute approximate surface area is 153 Å². The van der Waals surface area contributed by atoms with Crippen LogP contribution in [0.2, 0.25) is 0 Å². The third-order valence-electron chi connectivity index (χ3n) is 4.63. The lowest BCUT2D eigenvalue weighted by atomic mass is 9.90. The monoisotopic (exact) mass is 374 g/mol. The number of carbonyl (C=O) groups is 1. The highest BCUT2D eigenvalue weighted by Gasteiger charge is 2.21. The fourth-order valence-corrected chi connectivity index (χ4v) is 4.15. The number of benzene rings is 2. The van der Waals surface area contributed by atoms with Crippen LogP contribution in [0.5, 0.6) is 5.75 Å². The number of rotatable bonds is 5. The van der Waals surface area contributed by atoms with Crippen molar-refractivity contribution in [2.45, 2.75) is 30.6 Å². The van der Waals surface area contributed by atoms with E-state index in [4.69, 9.17) is 4.74 Å². The zero-order chi connectivity index (χ0) is 18.7. The molecule has 0 spiro atoms. The van der Waals surface area contributed by atoms with E-state index in [-0.39, 0.29) is 22.1 Å². The van der Waals surface area contributed by atoms with Crippen molar-refractivity contribution in [3.05, 3.63) is 53.1 Å². The molecule has 1 aliphatic rings. The number of aryl methyl sites for hydroxylation is 1. The van der Waals surface area contributed by atoms with Gasteiger partial charge in [0, 0.05) is 11.3 Å². The molecule has 1 amide bonds. The lowest BCUT2D eigenvalue weighted by Gasteiger charge is -2.19. The predicted octanol–water partition coefficient (Wildman–Crippen LogP) is 2.73. The van der Waals surface area contributed by atoms with Crippen molar-refractivity contribution in [3.8, 4) is 5.75 Å². The van der Waals surface area contributed by atoms with E-state index < -0.39 is 10.0 Å². The van der Waals surface area contributed by atoms with E-state index in [9.17, 15) is 13.2 Å². The van der Waals surface area contributed by atoms with E-state index >= 15 is 0 Å². The van der Waals surface area contributed by atoms with Crippen LogP contribution < -0.4 is 14.8 Å². The predicted molar refractivity (Wildman–Crippen MR) is 100 cm³/mol. The zero-order valence-electron chi connectivity index (χ0n) is 14.8. The number of ether oxygens (including phenoxy) is 1. The minimum atomic E-state index is -3.74. The molecule has 0 unspecified atom stereocenters. The molecule has 0 saturated heterocycles. The Hall–Kier alpha value is -2.38. The molecule has 0 saturated carbocycles. The number of nitrogens with one attached hydrogen (secondary N) is 2. The lowest BCUT2D eigenvalue weighted by molar-refractivity contribution is 0.102. The van der Waals surface area contributed by atoms with Gasteiger partial charge in [-0.15, -0.1) is 0 Å². The first-order chi connectivity index (χ1) is 12.5. The molecule has 0 aromatic heterocycles. The third-order valence-corrected chi connectivity index (χ3v) is 6.06. The summed E-state index contributed by atoms with van der Waals surface area (Å²) < 4.78 is 31.7. The van der Waals surface area contributed by atoms with Gasteiger partial charge in [0.1, 0.15) is 10.6 Å². The first-order valence-electron chi connectivity index (χ1n) is 8.50. The van der Waals surface area contributed by atoms with Gasteiger partial charge in [-0.2, -0.15) is 0 Å². The average Bonchev–Trinajstić information content (AvgIpc) is 2.67. The number of anilines is 1. The van der Waals surface area contributed by atoms with Gasteiger partial charge in [-0.25, -0.2) is 13.1 Å². The Bertz CT molecular complexity index is 939. The molecule has 0 bridgehead atoms.